The predicted octanol–water partition coefficient (Wildman–Crippen LogP) is 2.63. The number of nitrogens with one attached hydrogen (secondary N) is 2. The molecule has 2 N–H and O–H groups in total. The molecule has 1 fully saturated rings. The zero-order chi connectivity index (χ0) is 13.8. The van der Waals surface area contributed by atoms with Crippen LogP contribution in [0.15, 0.2) is 18.2 Å². The van der Waals surface area contributed by atoms with Gasteiger partial charge in [-0.05, 0) is 37.6 Å². The second-order valence-electron chi connectivity index (χ2n) is 4.16. The van der Waals surface area contributed by atoms with Gasteiger partial charge >= 0.3 is 6.61 Å². The van der Waals surface area contributed by atoms with E-state index in [-0.39, 0.29) is 22.7 Å². The van der Waals surface area contributed by atoms with Gasteiger partial charge in [0.1, 0.15) is 5.75 Å². The van der Waals surface area contributed by atoms with E-state index in [4.69, 9.17) is 11.6 Å². The van der Waals surface area contributed by atoms with Gasteiger partial charge in [0.05, 0.1) is 11.1 Å². The summed E-state index contributed by atoms with van der Waals surface area (Å²) < 4.78 is 28.3. The first kappa shape index (κ1) is 14.0. The molecule has 0 radical (unpaired) electrons. The summed E-state index contributed by atoms with van der Waals surface area (Å²) in [7, 11) is 0. The van der Waals surface area contributed by atoms with Crippen molar-refractivity contribution >= 4 is 23.2 Å². The van der Waals surface area contributed by atoms with Crippen LogP contribution in [0.2, 0.25) is 5.02 Å². The monoisotopic (exact) mass is 290 g/mol. The van der Waals surface area contributed by atoms with E-state index in [0.717, 1.165) is 19.4 Å². The van der Waals surface area contributed by atoms with E-state index in [9.17, 15) is 13.6 Å². The Hall–Kier alpha value is -1.40. The lowest BCUT2D eigenvalue weighted by Crippen LogP contribution is -2.35. The maximum absolute atomic E-state index is 12.1. The van der Waals surface area contributed by atoms with Crippen LogP contribution in [0.3, 0.4) is 0 Å². The Morgan fingerprint density at radius 1 is 1.53 bits per heavy atom. The third-order valence-electron chi connectivity index (χ3n) is 2.79. The van der Waals surface area contributed by atoms with Gasteiger partial charge in [-0.25, -0.2) is 0 Å². The zero-order valence-electron chi connectivity index (χ0n) is 9.96. The minimum absolute atomic E-state index is 0.0254. The number of anilines is 1. The minimum atomic E-state index is -2.93. The fraction of sp³-hybridized carbons (Fsp3) is 0.417. The minimum Gasteiger partial charge on any atom is -0.433 e. The molecule has 4 nitrogen and oxygen atoms in total. The van der Waals surface area contributed by atoms with Crippen LogP contribution >= 0.6 is 11.6 Å². The standard InChI is InChI=1S/C12H13ClF2N2O2/c13-8-6-7(3-4-10(8)19-12(14)15)17-11(18)9-2-1-5-16-9/h3-4,6,9,12,16H,1-2,5H2,(H,17,18). The molecule has 1 atom stereocenters. The Morgan fingerprint density at radius 2 is 2.32 bits per heavy atom. The SMILES string of the molecule is O=C(Nc1ccc(OC(F)F)c(Cl)c1)C1CCCN1. The fourth-order valence-electron chi connectivity index (χ4n) is 1.91. The number of amides is 1. The molecular formula is C12H13ClF2N2O2. The van der Waals surface area contributed by atoms with Gasteiger partial charge in [-0.2, -0.15) is 8.78 Å². The van der Waals surface area contributed by atoms with Crippen molar-refractivity contribution in [2.45, 2.75) is 25.5 Å². The molecule has 1 unspecified atom stereocenters. The molecule has 1 saturated heterocycles. The van der Waals surface area contributed by atoms with Crippen molar-refractivity contribution in [2.75, 3.05) is 11.9 Å². The summed E-state index contributed by atoms with van der Waals surface area (Å²) >= 11 is 5.79. The molecule has 2 rings (SSSR count). The molecular weight excluding hydrogens is 278 g/mol. The topological polar surface area (TPSA) is 50.4 Å². The summed E-state index contributed by atoms with van der Waals surface area (Å²) in [4.78, 5) is 11.8. The fourth-order valence-corrected chi connectivity index (χ4v) is 2.13. The number of hydrogen-bond acceptors (Lipinski definition) is 3. The van der Waals surface area contributed by atoms with Gasteiger partial charge in [-0.1, -0.05) is 11.6 Å². The normalized spacial score (nSPS) is 18.6. The van der Waals surface area contributed by atoms with E-state index < -0.39 is 6.61 Å². The van der Waals surface area contributed by atoms with E-state index in [1.807, 2.05) is 0 Å². The summed E-state index contributed by atoms with van der Waals surface area (Å²) in [6, 6.07) is 3.94. The van der Waals surface area contributed by atoms with Gasteiger partial charge in [-0.3, -0.25) is 4.79 Å². The van der Waals surface area contributed by atoms with Crippen LogP contribution < -0.4 is 15.4 Å². The first-order valence-corrected chi connectivity index (χ1v) is 6.22. The lowest BCUT2D eigenvalue weighted by Gasteiger charge is -2.12. The number of hydrogen-bond donors (Lipinski definition) is 2. The van der Waals surface area contributed by atoms with Crippen LogP contribution in [0.1, 0.15) is 12.8 Å². The third kappa shape index (κ3) is 3.78. The predicted molar refractivity (Wildman–Crippen MR) is 67.7 cm³/mol. The van der Waals surface area contributed by atoms with Crippen LogP contribution in [0.5, 0.6) is 5.75 Å². The molecule has 1 aromatic carbocycles. The first-order chi connectivity index (χ1) is 9.06. The van der Waals surface area contributed by atoms with E-state index in [1.54, 1.807) is 0 Å². The number of halogens is 3. The Balaban J connectivity index is 2.01. The van der Waals surface area contributed by atoms with Crippen LogP contribution in [-0.4, -0.2) is 25.1 Å². The van der Waals surface area contributed by atoms with Crippen molar-refractivity contribution in [3.05, 3.63) is 23.2 Å². The van der Waals surface area contributed by atoms with Crippen LogP contribution in [0.25, 0.3) is 0 Å². The average molecular weight is 291 g/mol. The Morgan fingerprint density at radius 3 is 2.89 bits per heavy atom. The molecule has 19 heavy (non-hydrogen) atoms. The van der Waals surface area contributed by atoms with Crippen LogP contribution in [0, 0.1) is 0 Å². The highest BCUT2D eigenvalue weighted by atomic mass is 35.5. The molecule has 1 aromatic rings. The summed E-state index contributed by atoms with van der Waals surface area (Å²) in [5, 5.41) is 5.76. The molecule has 0 saturated carbocycles. The van der Waals surface area contributed by atoms with E-state index in [2.05, 4.69) is 15.4 Å². The second kappa shape index (κ2) is 6.16. The highest BCUT2D eigenvalue weighted by Gasteiger charge is 2.22. The van der Waals surface area contributed by atoms with E-state index >= 15 is 0 Å². The van der Waals surface area contributed by atoms with Gasteiger partial charge in [-0.15, -0.1) is 0 Å². The molecule has 1 amide bonds. The van der Waals surface area contributed by atoms with Crippen molar-refractivity contribution in [2.24, 2.45) is 0 Å². The van der Waals surface area contributed by atoms with Crippen molar-refractivity contribution in [1.29, 1.82) is 0 Å². The number of benzene rings is 1. The maximum Gasteiger partial charge on any atom is 0.387 e. The Labute approximate surface area is 114 Å². The molecule has 1 heterocycles. The highest BCUT2D eigenvalue weighted by Crippen LogP contribution is 2.29. The maximum atomic E-state index is 12.1. The smallest absolute Gasteiger partial charge is 0.387 e. The number of rotatable bonds is 4. The molecule has 0 aromatic heterocycles. The summed E-state index contributed by atoms with van der Waals surface area (Å²) in [5.74, 6) is -0.273. The van der Waals surface area contributed by atoms with Gasteiger partial charge < -0.3 is 15.4 Å². The molecule has 104 valence electrons. The first-order valence-electron chi connectivity index (χ1n) is 5.85. The molecule has 0 aliphatic carbocycles. The summed E-state index contributed by atoms with van der Waals surface area (Å²) in [6.07, 6.45) is 1.74. The van der Waals surface area contributed by atoms with E-state index in [1.165, 1.54) is 18.2 Å². The van der Waals surface area contributed by atoms with Gasteiger partial charge in [0, 0.05) is 5.69 Å². The van der Waals surface area contributed by atoms with Crippen LogP contribution in [0.4, 0.5) is 14.5 Å². The number of carbonyl (C=O) groups is 1. The number of alkyl halides is 2. The van der Waals surface area contributed by atoms with Crippen molar-refractivity contribution in [3.63, 3.8) is 0 Å². The number of ether oxygens (including phenoxy) is 1. The largest absolute Gasteiger partial charge is 0.433 e. The Kier molecular flexibility index (Phi) is 4.55. The molecule has 0 bridgehead atoms. The van der Waals surface area contributed by atoms with Crippen LogP contribution in [-0.2, 0) is 4.79 Å². The molecule has 0 spiro atoms. The van der Waals surface area contributed by atoms with Crippen molar-refractivity contribution in [3.8, 4) is 5.75 Å². The zero-order valence-corrected chi connectivity index (χ0v) is 10.7. The van der Waals surface area contributed by atoms with Crippen molar-refractivity contribution in [1.82, 2.24) is 5.32 Å². The molecule has 1 aliphatic rings. The number of carbonyl (C=O) groups excluding carboxylic acids is 1. The van der Waals surface area contributed by atoms with Gasteiger partial charge in [0.25, 0.3) is 0 Å². The average Bonchev–Trinajstić information content (AvgIpc) is 2.86. The highest BCUT2D eigenvalue weighted by molar-refractivity contribution is 6.32. The molecule has 7 heteroatoms. The summed E-state index contributed by atoms with van der Waals surface area (Å²) in [6.45, 7) is -2.11. The van der Waals surface area contributed by atoms with E-state index in [0.29, 0.717) is 5.69 Å². The lowest BCUT2D eigenvalue weighted by molar-refractivity contribution is -0.117. The van der Waals surface area contributed by atoms with Crippen molar-refractivity contribution < 1.29 is 18.3 Å². The van der Waals surface area contributed by atoms with Gasteiger partial charge in [0.15, 0.2) is 0 Å². The Bertz CT molecular complexity index is 465. The summed E-state index contributed by atoms with van der Waals surface area (Å²) in [5.41, 5.74) is 0.449. The quantitative estimate of drug-likeness (QED) is 0.896. The second-order valence-corrected chi connectivity index (χ2v) is 4.57. The lowest BCUT2D eigenvalue weighted by atomic mass is 10.2. The third-order valence-corrected chi connectivity index (χ3v) is 3.09. The van der Waals surface area contributed by atoms with Gasteiger partial charge in [0.2, 0.25) is 5.91 Å². The molecule has 1 aliphatic heterocycles.